The monoisotopic (exact) mass is 518 g/mol. The van der Waals surface area contributed by atoms with Crippen LogP contribution in [0.25, 0.3) is 0 Å². The first-order chi connectivity index (χ1) is 14.7. The number of ketones is 2. The number of hydrogen-bond donors (Lipinski definition) is 3. The first-order valence-corrected chi connectivity index (χ1v) is 12.2. The van der Waals surface area contributed by atoms with Crippen molar-refractivity contribution in [2.24, 2.45) is 28.6 Å². The van der Waals surface area contributed by atoms with Crippen molar-refractivity contribution in [1.29, 1.82) is 0 Å². The van der Waals surface area contributed by atoms with Crippen LogP contribution in [0.1, 0.15) is 59.3 Å². The molecule has 0 aliphatic heterocycles. The fourth-order valence-corrected chi connectivity index (χ4v) is 8.73. The second-order valence-corrected chi connectivity index (χ2v) is 12.1. The average molecular weight is 519 g/mol. The summed E-state index contributed by atoms with van der Waals surface area (Å²) in [4.78, 5) is 35.9. The van der Waals surface area contributed by atoms with Crippen LogP contribution in [0.3, 0.4) is 0 Å². The van der Waals surface area contributed by atoms with Crippen LogP contribution in [0.5, 0.6) is 0 Å². The number of rotatable bonds is 3. The second-order valence-electron chi connectivity index (χ2n) is 10.9. The van der Waals surface area contributed by atoms with Crippen LogP contribution in [0.15, 0.2) is 0 Å². The lowest BCUT2D eigenvalue weighted by atomic mass is 9.41. The standard InChI is InChI=1S/C23H32BrFO7/c1-11(26)32-10-18(29)22(30)5-4-13-12-6-17(25)23(31)9-15(27)14(24)7-21(23,3)19(12)16(28)8-20(13,22)2/h12-14,16-17,19,28,30-31H,4-10H2,1-3H3/t12-,13-,14+,16+,17+,19+,20-,21+,22-,23-/m0/s1. The van der Waals surface area contributed by atoms with Gasteiger partial charge < -0.3 is 20.1 Å². The number of fused-ring (bicyclic) bond motifs is 5. The molecule has 9 heteroatoms. The molecule has 4 aliphatic rings. The topological polar surface area (TPSA) is 121 Å². The Kier molecular flexibility index (Phi) is 5.72. The molecule has 4 fully saturated rings. The van der Waals surface area contributed by atoms with E-state index >= 15 is 4.39 Å². The molecular weight excluding hydrogens is 487 g/mol. The SMILES string of the molecule is CC(=O)OCC(=O)[C@@]1(O)CC[C@H]2[C@@H]3C[C@@H](F)[C@@]4(O)CC(=O)[C@H](Br)C[C@]4(C)[C@H]3[C@H](O)C[C@@]21C. The largest absolute Gasteiger partial charge is 0.458 e. The summed E-state index contributed by atoms with van der Waals surface area (Å²) in [5.41, 5.74) is -5.71. The Labute approximate surface area is 195 Å². The van der Waals surface area contributed by atoms with Gasteiger partial charge in [0.15, 0.2) is 6.61 Å². The third-order valence-electron chi connectivity index (χ3n) is 9.59. The highest BCUT2D eigenvalue weighted by atomic mass is 79.9. The van der Waals surface area contributed by atoms with Crippen LogP contribution in [0.2, 0.25) is 0 Å². The highest BCUT2D eigenvalue weighted by molar-refractivity contribution is 9.10. The predicted molar refractivity (Wildman–Crippen MR) is 115 cm³/mol. The van der Waals surface area contributed by atoms with Crippen molar-refractivity contribution in [2.75, 3.05) is 6.61 Å². The van der Waals surface area contributed by atoms with E-state index in [1.165, 1.54) is 6.92 Å². The second kappa shape index (κ2) is 7.55. The van der Waals surface area contributed by atoms with Gasteiger partial charge in [-0.2, -0.15) is 0 Å². The van der Waals surface area contributed by atoms with Gasteiger partial charge >= 0.3 is 5.97 Å². The maximum Gasteiger partial charge on any atom is 0.303 e. The van der Waals surface area contributed by atoms with Gasteiger partial charge in [-0.15, -0.1) is 0 Å². The van der Waals surface area contributed by atoms with Crippen molar-refractivity contribution in [3.05, 3.63) is 0 Å². The molecular formula is C23H32BrFO7. The maximum atomic E-state index is 15.6. The molecule has 7 nitrogen and oxygen atoms in total. The van der Waals surface area contributed by atoms with E-state index in [2.05, 4.69) is 15.9 Å². The van der Waals surface area contributed by atoms with E-state index in [-0.39, 0.29) is 49.7 Å². The van der Waals surface area contributed by atoms with Crippen molar-refractivity contribution >= 4 is 33.5 Å². The van der Waals surface area contributed by atoms with Crippen molar-refractivity contribution in [2.45, 2.75) is 87.6 Å². The van der Waals surface area contributed by atoms with Crippen LogP contribution in [0.4, 0.5) is 4.39 Å². The Hall–Kier alpha value is -0.900. The lowest BCUT2D eigenvalue weighted by Crippen LogP contribution is -2.72. The van der Waals surface area contributed by atoms with Crippen LogP contribution < -0.4 is 0 Å². The fraction of sp³-hybridized carbons (Fsp3) is 0.870. The number of ether oxygens (including phenoxy) is 1. The lowest BCUT2D eigenvalue weighted by molar-refractivity contribution is -0.260. The molecule has 4 rings (SSSR count). The van der Waals surface area contributed by atoms with Crippen LogP contribution in [-0.4, -0.2) is 67.8 Å². The Morgan fingerprint density at radius 1 is 1.22 bits per heavy atom. The molecule has 32 heavy (non-hydrogen) atoms. The molecule has 10 atom stereocenters. The molecule has 0 saturated heterocycles. The molecule has 0 spiro atoms. The van der Waals surface area contributed by atoms with Crippen LogP contribution in [-0.2, 0) is 19.1 Å². The predicted octanol–water partition coefficient (Wildman–Crippen LogP) is 1.87. The van der Waals surface area contributed by atoms with Gasteiger partial charge in [0.25, 0.3) is 0 Å². The summed E-state index contributed by atoms with van der Waals surface area (Å²) >= 11 is 3.37. The van der Waals surface area contributed by atoms with E-state index in [4.69, 9.17) is 4.74 Å². The number of carbonyl (C=O) groups is 3. The maximum absolute atomic E-state index is 15.6. The Morgan fingerprint density at radius 2 is 1.88 bits per heavy atom. The summed E-state index contributed by atoms with van der Waals surface area (Å²) in [5, 5.41) is 34.2. The minimum Gasteiger partial charge on any atom is -0.458 e. The van der Waals surface area contributed by atoms with E-state index in [9.17, 15) is 29.7 Å². The van der Waals surface area contributed by atoms with E-state index < -0.39 is 63.4 Å². The Balaban J connectivity index is 1.71. The summed E-state index contributed by atoms with van der Waals surface area (Å²) in [7, 11) is 0. The molecule has 0 aromatic carbocycles. The first-order valence-electron chi connectivity index (χ1n) is 11.3. The van der Waals surface area contributed by atoms with Gasteiger partial charge in [-0.3, -0.25) is 14.4 Å². The number of aliphatic hydroxyl groups is 3. The summed E-state index contributed by atoms with van der Waals surface area (Å²) in [5.74, 6) is -2.58. The number of Topliss-reactive ketones (excluding diaryl/α,β-unsaturated/α-hetero) is 2. The van der Waals surface area contributed by atoms with Crippen molar-refractivity contribution < 1.29 is 38.8 Å². The van der Waals surface area contributed by atoms with Crippen LogP contribution >= 0.6 is 15.9 Å². The zero-order valence-electron chi connectivity index (χ0n) is 18.6. The van der Waals surface area contributed by atoms with E-state index in [1.807, 2.05) is 0 Å². The Morgan fingerprint density at radius 3 is 2.50 bits per heavy atom. The fourth-order valence-electron chi connectivity index (χ4n) is 7.90. The smallest absolute Gasteiger partial charge is 0.303 e. The number of aliphatic hydroxyl groups excluding tert-OH is 1. The van der Waals surface area contributed by atoms with Gasteiger partial charge in [0.1, 0.15) is 23.2 Å². The highest BCUT2D eigenvalue weighted by Crippen LogP contribution is 2.69. The first kappa shape index (κ1) is 24.2. The highest BCUT2D eigenvalue weighted by Gasteiger charge is 2.73. The van der Waals surface area contributed by atoms with E-state index in [1.54, 1.807) is 13.8 Å². The minimum absolute atomic E-state index is 0.0392. The normalized spacial score (nSPS) is 52.6. The van der Waals surface area contributed by atoms with Crippen LogP contribution in [0, 0.1) is 28.6 Å². The number of esters is 1. The molecule has 0 aromatic heterocycles. The Bertz CT molecular complexity index is 852. The van der Waals surface area contributed by atoms with Gasteiger partial charge in [0.2, 0.25) is 5.78 Å². The summed E-state index contributed by atoms with van der Waals surface area (Å²) in [6, 6.07) is 0. The van der Waals surface area contributed by atoms with Crippen molar-refractivity contribution in [3.8, 4) is 0 Å². The van der Waals surface area contributed by atoms with Gasteiger partial charge in [-0.25, -0.2) is 4.39 Å². The molecule has 0 amide bonds. The molecule has 0 unspecified atom stereocenters. The number of alkyl halides is 2. The molecule has 0 heterocycles. The number of hydrogen-bond acceptors (Lipinski definition) is 7. The van der Waals surface area contributed by atoms with E-state index in [0.717, 1.165) is 0 Å². The molecule has 4 saturated carbocycles. The molecule has 3 N–H and O–H groups in total. The molecule has 0 radical (unpaired) electrons. The van der Waals surface area contributed by atoms with Gasteiger partial charge in [-0.05, 0) is 49.9 Å². The summed E-state index contributed by atoms with van der Waals surface area (Å²) in [6.07, 6.45) is -2.08. The van der Waals surface area contributed by atoms with Crippen molar-refractivity contribution in [3.63, 3.8) is 0 Å². The zero-order valence-corrected chi connectivity index (χ0v) is 20.2. The van der Waals surface area contributed by atoms with E-state index in [0.29, 0.717) is 6.42 Å². The van der Waals surface area contributed by atoms with Gasteiger partial charge in [-0.1, -0.05) is 29.8 Å². The van der Waals surface area contributed by atoms with Gasteiger partial charge in [0.05, 0.1) is 10.9 Å². The number of carbonyl (C=O) groups excluding carboxylic acids is 3. The number of halogens is 2. The quantitative estimate of drug-likeness (QED) is 0.385. The molecule has 0 aromatic rings. The molecule has 180 valence electrons. The lowest BCUT2D eigenvalue weighted by Gasteiger charge is -2.65. The average Bonchev–Trinajstić information content (AvgIpc) is 2.95. The third-order valence-corrected chi connectivity index (χ3v) is 10.4. The van der Waals surface area contributed by atoms with Crippen molar-refractivity contribution in [1.82, 2.24) is 0 Å². The molecule has 4 aliphatic carbocycles. The van der Waals surface area contributed by atoms with Gasteiger partial charge in [0, 0.05) is 24.2 Å². The summed E-state index contributed by atoms with van der Waals surface area (Å²) < 4.78 is 20.4. The summed E-state index contributed by atoms with van der Waals surface area (Å²) in [6.45, 7) is 4.15. The molecule has 0 bridgehead atoms. The minimum atomic E-state index is -1.86. The zero-order chi connectivity index (χ0) is 23.9. The third kappa shape index (κ3) is 3.03.